The first-order valence-corrected chi connectivity index (χ1v) is 7.14. The maximum absolute atomic E-state index is 12.9. The van der Waals surface area contributed by atoms with E-state index in [2.05, 4.69) is 0 Å². The Balaban J connectivity index is 0.00000242. The van der Waals surface area contributed by atoms with Crippen LogP contribution in [0.3, 0.4) is 0 Å². The van der Waals surface area contributed by atoms with Gasteiger partial charge in [0, 0.05) is 44.7 Å². The maximum Gasteiger partial charge on any atom is 0.253 e. The van der Waals surface area contributed by atoms with Gasteiger partial charge in [0.05, 0.1) is 0 Å². The Hall–Kier alpha value is -1.66. The van der Waals surface area contributed by atoms with E-state index in [0.717, 1.165) is 6.42 Å². The highest BCUT2D eigenvalue weighted by Crippen LogP contribution is 2.11. The Morgan fingerprint density at radius 2 is 1.64 bits per heavy atom. The maximum atomic E-state index is 12.9. The molecule has 22 heavy (non-hydrogen) atoms. The van der Waals surface area contributed by atoms with Gasteiger partial charge in [-0.25, -0.2) is 4.39 Å². The van der Waals surface area contributed by atoms with Crippen molar-refractivity contribution in [1.82, 2.24) is 9.80 Å². The molecule has 1 saturated heterocycles. The third kappa shape index (κ3) is 4.68. The fourth-order valence-electron chi connectivity index (χ4n) is 2.43. The predicted molar refractivity (Wildman–Crippen MR) is 84.4 cm³/mol. The number of carbonyl (C=O) groups is 2. The Morgan fingerprint density at radius 1 is 1.05 bits per heavy atom. The smallest absolute Gasteiger partial charge is 0.253 e. The van der Waals surface area contributed by atoms with Crippen molar-refractivity contribution in [2.24, 2.45) is 5.73 Å². The molecule has 0 spiro atoms. The molecule has 0 saturated carbocycles. The van der Waals surface area contributed by atoms with E-state index in [1.165, 1.54) is 24.3 Å². The Labute approximate surface area is 135 Å². The van der Waals surface area contributed by atoms with Gasteiger partial charge < -0.3 is 15.5 Å². The van der Waals surface area contributed by atoms with Gasteiger partial charge in [-0.3, -0.25) is 9.59 Å². The van der Waals surface area contributed by atoms with E-state index in [9.17, 15) is 14.0 Å². The van der Waals surface area contributed by atoms with Gasteiger partial charge in [-0.05, 0) is 30.7 Å². The van der Waals surface area contributed by atoms with Gasteiger partial charge in [-0.15, -0.1) is 12.4 Å². The van der Waals surface area contributed by atoms with Gasteiger partial charge in [0.25, 0.3) is 5.91 Å². The number of benzene rings is 1. The van der Waals surface area contributed by atoms with Gasteiger partial charge in [-0.2, -0.15) is 0 Å². The molecule has 1 aromatic carbocycles. The van der Waals surface area contributed by atoms with E-state index in [-0.39, 0.29) is 30.0 Å². The largest absolute Gasteiger partial charge is 0.341 e. The quantitative estimate of drug-likeness (QED) is 0.908. The number of hydrogen-bond donors (Lipinski definition) is 1. The Morgan fingerprint density at radius 3 is 2.27 bits per heavy atom. The minimum absolute atomic E-state index is 0. The third-order valence-corrected chi connectivity index (χ3v) is 3.59. The average Bonchev–Trinajstić information content (AvgIpc) is 2.73. The van der Waals surface area contributed by atoms with E-state index >= 15 is 0 Å². The molecule has 0 aliphatic carbocycles. The van der Waals surface area contributed by atoms with Gasteiger partial charge in [-0.1, -0.05) is 0 Å². The molecule has 2 N–H and O–H groups in total. The SMILES string of the molecule is Cl.NCCC(=O)N1CCCN(C(=O)c2ccc(F)cc2)CC1. The van der Waals surface area contributed by atoms with E-state index < -0.39 is 0 Å². The second-order valence-corrected chi connectivity index (χ2v) is 5.07. The van der Waals surface area contributed by atoms with Crippen LogP contribution in [0.4, 0.5) is 4.39 Å². The van der Waals surface area contributed by atoms with Gasteiger partial charge in [0.1, 0.15) is 5.82 Å². The molecular formula is C15H21ClFN3O2. The van der Waals surface area contributed by atoms with Crippen molar-refractivity contribution in [2.45, 2.75) is 12.8 Å². The van der Waals surface area contributed by atoms with Gasteiger partial charge in [0.2, 0.25) is 5.91 Å². The topological polar surface area (TPSA) is 66.6 Å². The molecule has 0 atom stereocenters. The molecule has 1 heterocycles. The van der Waals surface area contributed by atoms with Crippen molar-refractivity contribution < 1.29 is 14.0 Å². The third-order valence-electron chi connectivity index (χ3n) is 3.59. The van der Waals surface area contributed by atoms with Crippen LogP contribution in [0.5, 0.6) is 0 Å². The zero-order valence-electron chi connectivity index (χ0n) is 12.3. The second-order valence-electron chi connectivity index (χ2n) is 5.07. The molecule has 0 aromatic heterocycles. The molecule has 0 bridgehead atoms. The average molecular weight is 330 g/mol. The number of halogens is 2. The summed E-state index contributed by atoms with van der Waals surface area (Å²) in [6, 6.07) is 5.53. The van der Waals surface area contributed by atoms with Crippen molar-refractivity contribution in [2.75, 3.05) is 32.7 Å². The summed E-state index contributed by atoms with van der Waals surface area (Å²) in [7, 11) is 0. The first-order chi connectivity index (χ1) is 10.1. The van der Waals surface area contributed by atoms with Crippen LogP contribution in [0.25, 0.3) is 0 Å². The molecule has 0 unspecified atom stereocenters. The van der Waals surface area contributed by atoms with Crippen molar-refractivity contribution in [3.63, 3.8) is 0 Å². The van der Waals surface area contributed by atoms with Crippen molar-refractivity contribution in [3.05, 3.63) is 35.6 Å². The summed E-state index contributed by atoms with van der Waals surface area (Å²) in [5.74, 6) is -0.447. The first kappa shape index (κ1) is 18.4. The summed E-state index contributed by atoms with van der Waals surface area (Å²) in [6.07, 6.45) is 1.08. The minimum Gasteiger partial charge on any atom is -0.341 e. The molecule has 7 heteroatoms. The van der Waals surface area contributed by atoms with Crippen LogP contribution in [-0.4, -0.2) is 54.3 Å². The Kier molecular flexibility index (Phi) is 7.27. The number of carbonyl (C=O) groups excluding carboxylic acids is 2. The highest BCUT2D eigenvalue weighted by atomic mass is 35.5. The van der Waals surface area contributed by atoms with Crippen LogP contribution >= 0.6 is 12.4 Å². The molecule has 5 nitrogen and oxygen atoms in total. The lowest BCUT2D eigenvalue weighted by Crippen LogP contribution is -2.37. The van der Waals surface area contributed by atoms with Crippen LogP contribution < -0.4 is 5.73 Å². The Bertz CT molecular complexity index is 510. The highest BCUT2D eigenvalue weighted by Gasteiger charge is 2.22. The number of rotatable bonds is 3. The minimum atomic E-state index is -0.360. The monoisotopic (exact) mass is 329 g/mol. The van der Waals surface area contributed by atoms with E-state index in [4.69, 9.17) is 5.73 Å². The number of hydrogen-bond acceptors (Lipinski definition) is 3. The van der Waals surface area contributed by atoms with Crippen LogP contribution in [0.15, 0.2) is 24.3 Å². The zero-order chi connectivity index (χ0) is 15.2. The van der Waals surface area contributed by atoms with Crippen molar-refractivity contribution in [3.8, 4) is 0 Å². The normalized spacial score (nSPS) is 15.0. The zero-order valence-corrected chi connectivity index (χ0v) is 13.2. The van der Waals surface area contributed by atoms with E-state index in [1.54, 1.807) is 9.80 Å². The number of nitrogens with zero attached hydrogens (tertiary/aromatic N) is 2. The molecule has 2 rings (SSSR count). The molecule has 2 amide bonds. The first-order valence-electron chi connectivity index (χ1n) is 7.14. The van der Waals surface area contributed by atoms with E-state index in [1.807, 2.05) is 0 Å². The lowest BCUT2D eigenvalue weighted by Gasteiger charge is -2.22. The molecule has 122 valence electrons. The highest BCUT2D eigenvalue weighted by molar-refractivity contribution is 5.94. The molecule has 0 radical (unpaired) electrons. The standard InChI is InChI=1S/C15H20FN3O2.ClH/c16-13-4-2-12(3-5-13)15(21)19-9-1-8-18(10-11-19)14(20)6-7-17;/h2-5H,1,6-11,17H2;1H. The number of amides is 2. The van der Waals surface area contributed by atoms with Crippen LogP contribution in [-0.2, 0) is 4.79 Å². The van der Waals surface area contributed by atoms with E-state index in [0.29, 0.717) is 44.7 Å². The van der Waals surface area contributed by atoms with Crippen LogP contribution in [0.1, 0.15) is 23.2 Å². The lowest BCUT2D eigenvalue weighted by atomic mass is 10.2. The second kappa shape index (κ2) is 8.70. The summed E-state index contributed by atoms with van der Waals surface area (Å²) >= 11 is 0. The summed E-state index contributed by atoms with van der Waals surface area (Å²) in [5.41, 5.74) is 5.87. The fourth-order valence-corrected chi connectivity index (χ4v) is 2.43. The summed E-state index contributed by atoms with van der Waals surface area (Å²) in [6.45, 7) is 2.60. The summed E-state index contributed by atoms with van der Waals surface area (Å²) < 4.78 is 12.9. The molecule has 1 fully saturated rings. The van der Waals surface area contributed by atoms with Crippen molar-refractivity contribution in [1.29, 1.82) is 0 Å². The fraction of sp³-hybridized carbons (Fsp3) is 0.467. The van der Waals surface area contributed by atoms with Crippen LogP contribution in [0.2, 0.25) is 0 Å². The number of nitrogens with two attached hydrogens (primary N) is 1. The molecule has 1 aromatic rings. The summed E-state index contributed by atoms with van der Waals surface area (Å²) in [5, 5.41) is 0. The van der Waals surface area contributed by atoms with Gasteiger partial charge >= 0.3 is 0 Å². The predicted octanol–water partition coefficient (Wildman–Crippen LogP) is 1.27. The van der Waals surface area contributed by atoms with Gasteiger partial charge in [0.15, 0.2) is 0 Å². The molecule has 1 aliphatic heterocycles. The van der Waals surface area contributed by atoms with Crippen LogP contribution in [0, 0.1) is 5.82 Å². The summed E-state index contributed by atoms with van der Waals surface area (Å²) in [4.78, 5) is 27.6. The molecule has 1 aliphatic rings. The van der Waals surface area contributed by atoms with Crippen molar-refractivity contribution >= 4 is 24.2 Å². The molecular weight excluding hydrogens is 309 g/mol. The lowest BCUT2D eigenvalue weighted by molar-refractivity contribution is -0.130.